The van der Waals surface area contributed by atoms with Gasteiger partial charge in [0, 0.05) is 5.02 Å². The first-order valence-electron chi connectivity index (χ1n) is 4.80. The van der Waals surface area contributed by atoms with Gasteiger partial charge >= 0.3 is 0 Å². The first kappa shape index (κ1) is 12.4. The van der Waals surface area contributed by atoms with Gasteiger partial charge in [0.05, 0.1) is 28.2 Å². The Morgan fingerprint density at radius 1 is 1.41 bits per heavy atom. The Hall–Kier alpha value is -1.10. The van der Waals surface area contributed by atoms with Gasteiger partial charge in [0.25, 0.3) is 0 Å². The Bertz CT molecular complexity index is 592. The fraction of sp³-hybridized carbons (Fsp3) is 0.0909. The molecule has 6 heteroatoms. The zero-order valence-corrected chi connectivity index (χ0v) is 11.3. The van der Waals surface area contributed by atoms with Crippen molar-refractivity contribution in [3.8, 4) is 5.69 Å². The summed E-state index contributed by atoms with van der Waals surface area (Å²) in [5, 5.41) is 5.33. The second kappa shape index (κ2) is 4.64. The highest BCUT2D eigenvalue weighted by atomic mass is 35.5. The summed E-state index contributed by atoms with van der Waals surface area (Å²) in [5.74, 6) is 0. The van der Waals surface area contributed by atoms with Crippen LogP contribution in [0.2, 0.25) is 10.0 Å². The Kier molecular flexibility index (Phi) is 3.38. The minimum Gasteiger partial charge on any atom is -0.389 e. The van der Waals surface area contributed by atoms with E-state index in [-0.39, 0.29) is 0 Å². The molecule has 0 spiro atoms. The number of hydrogen-bond acceptors (Lipinski definition) is 2. The predicted molar refractivity (Wildman–Crippen MR) is 74.2 cm³/mol. The fourth-order valence-electron chi connectivity index (χ4n) is 1.55. The lowest BCUT2D eigenvalue weighted by molar-refractivity contribution is 0.847. The van der Waals surface area contributed by atoms with E-state index in [0.717, 1.165) is 16.9 Å². The Morgan fingerprint density at radius 3 is 2.65 bits per heavy atom. The maximum atomic E-state index is 6.12. The van der Waals surface area contributed by atoms with Crippen molar-refractivity contribution < 1.29 is 0 Å². The highest BCUT2D eigenvalue weighted by molar-refractivity contribution is 7.80. The van der Waals surface area contributed by atoms with Crippen LogP contribution in [-0.4, -0.2) is 14.8 Å². The molecule has 0 amide bonds. The number of rotatable bonds is 2. The number of nitrogens with zero attached hydrogens (tertiary/aromatic N) is 2. The summed E-state index contributed by atoms with van der Waals surface area (Å²) in [6.07, 6.45) is 1.63. The molecule has 1 aromatic heterocycles. The predicted octanol–water partition coefficient (Wildman–Crippen LogP) is 3.12. The average molecular weight is 286 g/mol. The van der Waals surface area contributed by atoms with Gasteiger partial charge in [-0.3, -0.25) is 0 Å². The largest absolute Gasteiger partial charge is 0.389 e. The van der Waals surface area contributed by atoms with Crippen molar-refractivity contribution >= 4 is 40.4 Å². The monoisotopic (exact) mass is 285 g/mol. The molecule has 0 saturated carbocycles. The van der Waals surface area contributed by atoms with Crippen molar-refractivity contribution in [3.05, 3.63) is 45.7 Å². The molecule has 1 aromatic carbocycles. The van der Waals surface area contributed by atoms with Crippen molar-refractivity contribution in [1.29, 1.82) is 0 Å². The zero-order chi connectivity index (χ0) is 12.6. The van der Waals surface area contributed by atoms with Gasteiger partial charge in [0.1, 0.15) is 4.99 Å². The Balaban J connectivity index is 2.57. The van der Waals surface area contributed by atoms with Crippen LogP contribution in [0.25, 0.3) is 5.69 Å². The molecule has 2 rings (SSSR count). The Morgan fingerprint density at radius 2 is 2.12 bits per heavy atom. The van der Waals surface area contributed by atoms with Crippen LogP contribution in [-0.2, 0) is 0 Å². The zero-order valence-electron chi connectivity index (χ0n) is 8.95. The highest BCUT2D eigenvalue weighted by Crippen LogP contribution is 2.25. The van der Waals surface area contributed by atoms with Crippen molar-refractivity contribution in [2.24, 2.45) is 5.73 Å². The Labute approximate surface area is 114 Å². The first-order chi connectivity index (χ1) is 8.00. The number of halogens is 2. The maximum absolute atomic E-state index is 6.12. The van der Waals surface area contributed by atoms with Crippen molar-refractivity contribution in [2.75, 3.05) is 0 Å². The second-order valence-corrected chi connectivity index (χ2v) is 4.80. The van der Waals surface area contributed by atoms with E-state index in [1.807, 2.05) is 6.92 Å². The van der Waals surface area contributed by atoms with E-state index in [1.54, 1.807) is 29.1 Å². The molecule has 0 aliphatic rings. The summed E-state index contributed by atoms with van der Waals surface area (Å²) < 4.78 is 1.69. The van der Waals surface area contributed by atoms with Crippen LogP contribution in [0.5, 0.6) is 0 Å². The number of hydrogen-bond donors (Lipinski definition) is 1. The normalized spacial score (nSPS) is 10.5. The quantitative estimate of drug-likeness (QED) is 0.863. The van der Waals surface area contributed by atoms with Gasteiger partial charge in [-0.25, -0.2) is 4.68 Å². The van der Waals surface area contributed by atoms with Crippen LogP contribution in [0.1, 0.15) is 11.3 Å². The van der Waals surface area contributed by atoms with E-state index < -0.39 is 0 Å². The molecule has 1 heterocycles. The third kappa shape index (κ3) is 2.29. The average Bonchev–Trinajstić information content (AvgIpc) is 2.60. The highest BCUT2D eigenvalue weighted by Gasteiger charge is 2.12. The summed E-state index contributed by atoms with van der Waals surface area (Å²) in [5.41, 5.74) is 7.93. The van der Waals surface area contributed by atoms with Gasteiger partial charge < -0.3 is 5.73 Å². The molecule has 0 aliphatic carbocycles. The van der Waals surface area contributed by atoms with Crippen LogP contribution < -0.4 is 5.73 Å². The lowest BCUT2D eigenvalue weighted by Crippen LogP contribution is -2.10. The summed E-state index contributed by atoms with van der Waals surface area (Å²) >= 11 is 16.9. The third-order valence-electron chi connectivity index (χ3n) is 2.41. The molecule has 2 N–H and O–H groups in total. The lowest BCUT2D eigenvalue weighted by Gasteiger charge is -2.07. The molecule has 0 aliphatic heterocycles. The van der Waals surface area contributed by atoms with E-state index >= 15 is 0 Å². The van der Waals surface area contributed by atoms with Crippen LogP contribution in [0, 0.1) is 6.92 Å². The molecular weight excluding hydrogens is 277 g/mol. The fourth-order valence-corrected chi connectivity index (χ4v) is 2.24. The van der Waals surface area contributed by atoms with Gasteiger partial charge in [-0.2, -0.15) is 5.10 Å². The minimum absolute atomic E-state index is 0.318. The molecule has 0 saturated heterocycles. The second-order valence-electron chi connectivity index (χ2n) is 3.52. The van der Waals surface area contributed by atoms with Crippen molar-refractivity contribution in [1.82, 2.24) is 9.78 Å². The van der Waals surface area contributed by atoms with Crippen LogP contribution >= 0.6 is 35.4 Å². The summed E-state index contributed by atoms with van der Waals surface area (Å²) in [6.45, 7) is 1.88. The van der Waals surface area contributed by atoms with Gasteiger partial charge in [-0.1, -0.05) is 35.4 Å². The topological polar surface area (TPSA) is 43.8 Å². The van der Waals surface area contributed by atoms with E-state index in [1.165, 1.54) is 0 Å². The maximum Gasteiger partial charge on any atom is 0.107 e. The molecule has 0 fully saturated rings. The molecule has 88 valence electrons. The van der Waals surface area contributed by atoms with Crippen molar-refractivity contribution in [2.45, 2.75) is 6.92 Å². The van der Waals surface area contributed by atoms with E-state index in [0.29, 0.717) is 15.0 Å². The number of nitrogens with two attached hydrogens (primary N) is 1. The number of thiocarbonyl (C=S) groups is 1. The molecule has 0 atom stereocenters. The van der Waals surface area contributed by atoms with Gasteiger partial charge in [0.15, 0.2) is 0 Å². The molecule has 0 unspecified atom stereocenters. The summed E-state index contributed by atoms with van der Waals surface area (Å²) in [4.78, 5) is 0.318. The van der Waals surface area contributed by atoms with E-state index in [9.17, 15) is 0 Å². The molecule has 0 radical (unpaired) electrons. The molecule has 17 heavy (non-hydrogen) atoms. The lowest BCUT2D eigenvalue weighted by atomic mass is 10.2. The molecule has 2 aromatic rings. The van der Waals surface area contributed by atoms with Crippen LogP contribution in [0.15, 0.2) is 24.4 Å². The first-order valence-corrected chi connectivity index (χ1v) is 5.97. The summed E-state index contributed by atoms with van der Waals surface area (Å²) in [6, 6.07) is 5.22. The summed E-state index contributed by atoms with van der Waals surface area (Å²) in [7, 11) is 0. The minimum atomic E-state index is 0.318. The molecular formula is C11H9Cl2N3S. The number of aromatic nitrogens is 2. The SMILES string of the molecule is Cc1c(C(N)=S)cnn1-c1ccc(Cl)cc1Cl. The van der Waals surface area contributed by atoms with Gasteiger partial charge in [0.2, 0.25) is 0 Å². The van der Waals surface area contributed by atoms with Crippen LogP contribution in [0.4, 0.5) is 0 Å². The molecule has 3 nitrogen and oxygen atoms in total. The van der Waals surface area contributed by atoms with Crippen LogP contribution in [0.3, 0.4) is 0 Å². The standard InChI is InChI=1S/C11H9Cl2N3S/c1-6-8(11(14)17)5-15-16(6)10-3-2-7(12)4-9(10)13/h2-5H,1H3,(H2,14,17). The third-order valence-corrected chi connectivity index (χ3v) is 3.17. The van der Waals surface area contributed by atoms with Gasteiger partial charge in [-0.05, 0) is 25.1 Å². The van der Waals surface area contributed by atoms with Crippen molar-refractivity contribution in [3.63, 3.8) is 0 Å². The van der Waals surface area contributed by atoms with E-state index in [2.05, 4.69) is 5.10 Å². The van der Waals surface area contributed by atoms with E-state index in [4.69, 9.17) is 41.2 Å². The molecule has 0 bridgehead atoms. The smallest absolute Gasteiger partial charge is 0.107 e. The van der Waals surface area contributed by atoms with Gasteiger partial charge in [-0.15, -0.1) is 0 Å². The number of benzene rings is 1.